The summed E-state index contributed by atoms with van der Waals surface area (Å²) in [4.78, 5) is 14.6. The lowest BCUT2D eigenvalue weighted by molar-refractivity contribution is 0.0627. The Kier molecular flexibility index (Phi) is 5.38. The summed E-state index contributed by atoms with van der Waals surface area (Å²) < 4.78 is 13.5. The Morgan fingerprint density at radius 1 is 1.39 bits per heavy atom. The van der Waals surface area contributed by atoms with Crippen molar-refractivity contribution in [1.29, 1.82) is 0 Å². The number of carbonyl (C=O) groups excluding carboxylic acids is 1. The maximum atomic E-state index is 13.5. The maximum absolute atomic E-state index is 13.5. The SMILES string of the molecule is Cc1[nH]nc(C(=O)N2CCNCC2c2cccc(F)c2)c1C.Cl. The van der Waals surface area contributed by atoms with Crippen molar-refractivity contribution in [2.75, 3.05) is 19.6 Å². The molecule has 2 heterocycles. The first kappa shape index (κ1) is 17.4. The van der Waals surface area contributed by atoms with Gasteiger partial charge in [0.2, 0.25) is 0 Å². The molecule has 1 saturated heterocycles. The van der Waals surface area contributed by atoms with Gasteiger partial charge in [-0.3, -0.25) is 9.89 Å². The molecule has 0 saturated carbocycles. The zero-order valence-electron chi connectivity index (χ0n) is 13.1. The molecule has 23 heavy (non-hydrogen) atoms. The van der Waals surface area contributed by atoms with Gasteiger partial charge in [0.05, 0.1) is 6.04 Å². The number of nitrogens with zero attached hydrogens (tertiary/aromatic N) is 2. The van der Waals surface area contributed by atoms with Gasteiger partial charge in [0.1, 0.15) is 5.82 Å². The second-order valence-corrected chi connectivity index (χ2v) is 5.60. The molecular formula is C16H20ClFN4O. The lowest BCUT2D eigenvalue weighted by atomic mass is 10.0. The van der Waals surface area contributed by atoms with Gasteiger partial charge in [-0.05, 0) is 31.5 Å². The van der Waals surface area contributed by atoms with Crippen molar-refractivity contribution in [2.45, 2.75) is 19.9 Å². The first-order valence-corrected chi connectivity index (χ1v) is 7.36. The van der Waals surface area contributed by atoms with Crippen molar-refractivity contribution in [2.24, 2.45) is 0 Å². The van der Waals surface area contributed by atoms with E-state index in [1.54, 1.807) is 11.0 Å². The van der Waals surface area contributed by atoms with Gasteiger partial charge in [-0.25, -0.2) is 4.39 Å². The Labute approximate surface area is 140 Å². The van der Waals surface area contributed by atoms with E-state index >= 15 is 0 Å². The van der Waals surface area contributed by atoms with E-state index in [0.717, 1.165) is 23.4 Å². The van der Waals surface area contributed by atoms with Crippen molar-refractivity contribution in [3.8, 4) is 0 Å². The van der Waals surface area contributed by atoms with Crippen LogP contribution in [0.1, 0.15) is 33.4 Å². The summed E-state index contributed by atoms with van der Waals surface area (Å²) in [6.45, 7) is 5.68. The zero-order chi connectivity index (χ0) is 15.7. The van der Waals surface area contributed by atoms with E-state index in [9.17, 15) is 9.18 Å². The smallest absolute Gasteiger partial charge is 0.275 e. The number of nitrogens with one attached hydrogen (secondary N) is 2. The fraction of sp³-hybridized carbons (Fsp3) is 0.375. The van der Waals surface area contributed by atoms with Crippen molar-refractivity contribution in [3.63, 3.8) is 0 Å². The Morgan fingerprint density at radius 2 is 2.17 bits per heavy atom. The Morgan fingerprint density at radius 3 is 2.83 bits per heavy atom. The zero-order valence-corrected chi connectivity index (χ0v) is 13.9. The molecule has 0 aliphatic carbocycles. The van der Waals surface area contributed by atoms with Crippen LogP contribution >= 0.6 is 12.4 Å². The molecule has 0 spiro atoms. The number of halogens is 2. The highest BCUT2D eigenvalue weighted by Gasteiger charge is 2.31. The Hall–Kier alpha value is -1.92. The molecule has 1 amide bonds. The normalized spacial score (nSPS) is 17.7. The molecule has 2 aromatic rings. The molecular weight excluding hydrogens is 319 g/mol. The summed E-state index contributed by atoms with van der Waals surface area (Å²) >= 11 is 0. The molecule has 2 N–H and O–H groups in total. The third-order valence-corrected chi connectivity index (χ3v) is 4.19. The molecule has 1 unspecified atom stereocenters. The van der Waals surface area contributed by atoms with Crippen LogP contribution in [0.2, 0.25) is 0 Å². The van der Waals surface area contributed by atoms with Crippen molar-refractivity contribution >= 4 is 18.3 Å². The van der Waals surface area contributed by atoms with Gasteiger partial charge in [0, 0.05) is 30.9 Å². The van der Waals surface area contributed by atoms with Gasteiger partial charge in [-0.2, -0.15) is 5.10 Å². The van der Waals surface area contributed by atoms with Crippen molar-refractivity contribution in [1.82, 2.24) is 20.4 Å². The summed E-state index contributed by atoms with van der Waals surface area (Å²) in [7, 11) is 0. The van der Waals surface area contributed by atoms with Gasteiger partial charge in [0.25, 0.3) is 5.91 Å². The number of benzene rings is 1. The lowest BCUT2D eigenvalue weighted by Gasteiger charge is -2.36. The highest BCUT2D eigenvalue weighted by Crippen LogP contribution is 2.25. The first-order valence-electron chi connectivity index (χ1n) is 7.36. The van der Waals surface area contributed by atoms with Crippen LogP contribution in [0, 0.1) is 19.7 Å². The molecule has 0 radical (unpaired) electrons. The average molecular weight is 339 g/mol. The molecule has 1 atom stereocenters. The van der Waals surface area contributed by atoms with E-state index < -0.39 is 0 Å². The van der Waals surface area contributed by atoms with E-state index in [2.05, 4.69) is 15.5 Å². The fourth-order valence-electron chi connectivity index (χ4n) is 2.79. The van der Waals surface area contributed by atoms with Crippen LogP contribution in [0.5, 0.6) is 0 Å². The van der Waals surface area contributed by atoms with Crippen LogP contribution in [0.3, 0.4) is 0 Å². The minimum absolute atomic E-state index is 0. The predicted octanol–water partition coefficient (Wildman–Crippen LogP) is 2.37. The van der Waals surface area contributed by atoms with Crippen LogP contribution in [0.15, 0.2) is 24.3 Å². The second kappa shape index (κ2) is 7.10. The summed E-state index contributed by atoms with van der Waals surface area (Å²) in [6, 6.07) is 6.23. The third kappa shape index (κ3) is 3.38. The van der Waals surface area contributed by atoms with E-state index in [1.165, 1.54) is 12.1 Å². The number of aryl methyl sites for hydroxylation is 1. The van der Waals surface area contributed by atoms with Crippen LogP contribution in [-0.4, -0.2) is 40.6 Å². The number of carbonyl (C=O) groups is 1. The van der Waals surface area contributed by atoms with Crippen LogP contribution in [0.25, 0.3) is 0 Å². The molecule has 3 rings (SSSR count). The van der Waals surface area contributed by atoms with Gasteiger partial charge < -0.3 is 10.2 Å². The van der Waals surface area contributed by atoms with Gasteiger partial charge in [0.15, 0.2) is 5.69 Å². The van der Waals surface area contributed by atoms with Gasteiger partial charge in [-0.15, -0.1) is 12.4 Å². The minimum atomic E-state index is -0.290. The van der Waals surface area contributed by atoms with Crippen LogP contribution in [-0.2, 0) is 0 Å². The van der Waals surface area contributed by atoms with E-state index in [0.29, 0.717) is 18.8 Å². The monoisotopic (exact) mass is 338 g/mol. The highest BCUT2D eigenvalue weighted by atomic mass is 35.5. The molecule has 1 aliphatic heterocycles. The number of aromatic amines is 1. The first-order chi connectivity index (χ1) is 10.6. The number of rotatable bonds is 2. The number of hydrogen-bond acceptors (Lipinski definition) is 3. The third-order valence-electron chi connectivity index (χ3n) is 4.19. The van der Waals surface area contributed by atoms with E-state index in [4.69, 9.17) is 0 Å². The van der Waals surface area contributed by atoms with Crippen LogP contribution in [0.4, 0.5) is 4.39 Å². The van der Waals surface area contributed by atoms with Crippen molar-refractivity contribution < 1.29 is 9.18 Å². The maximum Gasteiger partial charge on any atom is 0.275 e. The topological polar surface area (TPSA) is 61.0 Å². The molecule has 5 nitrogen and oxygen atoms in total. The number of piperazine rings is 1. The number of hydrogen-bond donors (Lipinski definition) is 2. The molecule has 1 aliphatic rings. The molecule has 1 aromatic heterocycles. The molecule has 1 fully saturated rings. The molecule has 7 heteroatoms. The fourth-order valence-corrected chi connectivity index (χ4v) is 2.79. The van der Waals surface area contributed by atoms with E-state index in [1.807, 2.05) is 19.9 Å². The van der Waals surface area contributed by atoms with Gasteiger partial charge >= 0.3 is 0 Å². The highest BCUT2D eigenvalue weighted by molar-refractivity contribution is 5.94. The summed E-state index contributed by atoms with van der Waals surface area (Å²) in [5, 5.41) is 10.2. The number of H-pyrrole nitrogens is 1. The molecule has 124 valence electrons. The van der Waals surface area contributed by atoms with Crippen LogP contribution < -0.4 is 5.32 Å². The second-order valence-electron chi connectivity index (χ2n) is 5.60. The average Bonchev–Trinajstić information content (AvgIpc) is 2.86. The molecule has 1 aromatic carbocycles. The largest absolute Gasteiger partial charge is 0.328 e. The Bertz CT molecular complexity index is 703. The summed E-state index contributed by atoms with van der Waals surface area (Å²) in [5.41, 5.74) is 2.99. The summed E-state index contributed by atoms with van der Waals surface area (Å²) in [5.74, 6) is -0.403. The quantitative estimate of drug-likeness (QED) is 0.883. The predicted molar refractivity (Wildman–Crippen MR) is 88.4 cm³/mol. The molecule has 0 bridgehead atoms. The van der Waals surface area contributed by atoms with E-state index in [-0.39, 0.29) is 30.2 Å². The number of amides is 1. The Balaban J connectivity index is 0.00000192. The van der Waals surface area contributed by atoms with Gasteiger partial charge in [-0.1, -0.05) is 12.1 Å². The standard InChI is InChI=1S/C16H19FN4O.ClH/c1-10-11(2)19-20-15(10)16(22)21-7-6-18-9-14(21)12-4-3-5-13(17)8-12;/h3-5,8,14,18H,6-7,9H2,1-2H3,(H,19,20);1H. The van der Waals surface area contributed by atoms with Crippen molar-refractivity contribution in [3.05, 3.63) is 52.6 Å². The minimum Gasteiger partial charge on any atom is -0.328 e. The number of aromatic nitrogens is 2. The summed E-state index contributed by atoms with van der Waals surface area (Å²) in [6.07, 6.45) is 0. The lowest BCUT2D eigenvalue weighted by Crippen LogP contribution is -2.49.